The van der Waals surface area contributed by atoms with Gasteiger partial charge in [-0.3, -0.25) is 4.79 Å². The van der Waals surface area contributed by atoms with E-state index in [4.69, 9.17) is 4.74 Å². The van der Waals surface area contributed by atoms with Crippen LogP contribution in [0.15, 0.2) is 72.9 Å². The minimum Gasteiger partial charge on any atom is -0.371 e. The van der Waals surface area contributed by atoms with Gasteiger partial charge in [-0.05, 0) is 48.9 Å². The highest BCUT2D eigenvalue weighted by atomic mass is 16.5. The Morgan fingerprint density at radius 1 is 1.10 bits per heavy atom. The number of nitrogens with zero attached hydrogens (tertiary/aromatic N) is 2. The van der Waals surface area contributed by atoms with Gasteiger partial charge < -0.3 is 20.7 Å². The number of allylic oxidation sites excluding steroid dienone is 1. The molecule has 2 heterocycles. The summed E-state index contributed by atoms with van der Waals surface area (Å²) in [7, 11) is 0. The van der Waals surface area contributed by atoms with E-state index in [1.165, 1.54) is 6.08 Å². The molecule has 4 rings (SSSR count). The zero-order chi connectivity index (χ0) is 21.5. The number of nitrogens with one attached hydrogen (secondary N) is 3. The second-order valence-electron chi connectivity index (χ2n) is 7.14. The number of hydrogen-bond donors (Lipinski definition) is 3. The van der Waals surface area contributed by atoms with Gasteiger partial charge in [0.25, 0.3) is 0 Å². The lowest BCUT2D eigenvalue weighted by molar-refractivity contribution is -0.111. The van der Waals surface area contributed by atoms with Crippen LogP contribution in [-0.4, -0.2) is 35.6 Å². The monoisotopic (exact) mass is 415 g/mol. The van der Waals surface area contributed by atoms with Crippen molar-refractivity contribution in [1.29, 1.82) is 0 Å². The lowest BCUT2D eigenvalue weighted by Crippen LogP contribution is -2.33. The first-order valence-electron chi connectivity index (χ1n) is 10.3. The van der Waals surface area contributed by atoms with Crippen LogP contribution >= 0.6 is 0 Å². The number of anilines is 3. The molecule has 1 aliphatic rings. The number of carbonyl (C=O) groups is 1. The molecule has 0 saturated carbocycles. The molecule has 0 radical (unpaired) electrons. The topological polar surface area (TPSA) is 88.2 Å². The van der Waals surface area contributed by atoms with Crippen molar-refractivity contribution in [2.24, 2.45) is 0 Å². The number of hydrogen-bond acceptors (Lipinski definition) is 6. The van der Waals surface area contributed by atoms with Crippen LogP contribution in [0.4, 0.5) is 17.3 Å². The summed E-state index contributed by atoms with van der Waals surface area (Å²) in [6.45, 7) is 4.27. The van der Waals surface area contributed by atoms with Crippen molar-refractivity contribution >= 4 is 23.2 Å². The summed E-state index contributed by atoms with van der Waals surface area (Å²) in [5.74, 6) is 0.368. The van der Waals surface area contributed by atoms with Crippen molar-refractivity contribution in [3.63, 3.8) is 0 Å². The third-order valence-corrected chi connectivity index (χ3v) is 4.89. The van der Waals surface area contributed by atoms with Crippen molar-refractivity contribution in [3.8, 4) is 11.3 Å². The molecule has 1 atom stereocenters. The van der Waals surface area contributed by atoms with E-state index < -0.39 is 0 Å². The summed E-state index contributed by atoms with van der Waals surface area (Å²) in [4.78, 5) is 20.6. The van der Waals surface area contributed by atoms with E-state index in [2.05, 4.69) is 38.1 Å². The van der Waals surface area contributed by atoms with Gasteiger partial charge >= 0.3 is 0 Å². The van der Waals surface area contributed by atoms with E-state index in [0.717, 1.165) is 47.9 Å². The molecule has 1 aliphatic heterocycles. The van der Waals surface area contributed by atoms with E-state index in [-0.39, 0.29) is 12.0 Å². The zero-order valence-electron chi connectivity index (χ0n) is 17.3. The molecule has 3 aromatic rings. The Balaban J connectivity index is 1.43. The number of amides is 1. The number of morpholine rings is 1. The first-order valence-corrected chi connectivity index (χ1v) is 10.3. The predicted molar refractivity (Wildman–Crippen MR) is 122 cm³/mol. The predicted octanol–water partition coefficient (Wildman–Crippen LogP) is 4.06. The van der Waals surface area contributed by atoms with Gasteiger partial charge in [0, 0.05) is 36.2 Å². The van der Waals surface area contributed by atoms with Crippen LogP contribution in [0.25, 0.3) is 11.3 Å². The Kier molecular flexibility index (Phi) is 6.66. The highest BCUT2D eigenvalue weighted by molar-refractivity contribution is 5.99. The SMILES string of the molecule is CC=CC(=O)Nc1ccc(-c2ccnc(Nc3ccc(C4CNCCO4)cc3)n2)cc1. The van der Waals surface area contributed by atoms with E-state index >= 15 is 0 Å². The van der Waals surface area contributed by atoms with Crippen molar-refractivity contribution < 1.29 is 9.53 Å². The molecule has 1 amide bonds. The maximum absolute atomic E-state index is 11.7. The number of aromatic nitrogens is 2. The molecule has 3 N–H and O–H groups in total. The summed E-state index contributed by atoms with van der Waals surface area (Å²) >= 11 is 0. The van der Waals surface area contributed by atoms with Gasteiger partial charge in [0.15, 0.2) is 0 Å². The van der Waals surface area contributed by atoms with Gasteiger partial charge in [-0.25, -0.2) is 9.97 Å². The van der Waals surface area contributed by atoms with Crippen molar-refractivity contribution in [1.82, 2.24) is 15.3 Å². The van der Waals surface area contributed by atoms with Gasteiger partial charge in [0.2, 0.25) is 11.9 Å². The van der Waals surface area contributed by atoms with Crippen molar-refractivity contribution in [2.75, 3.05) is 30.3 Å². The standard InChI is InChI=1S/C24H25N5O2/c1-2-3-23(30)27-19-8-4-17(5-9-19)21-12-13-26-24(29-21)28-20-10-6-18(7-11-20)22-16-25-14-15-31-22/h2-13,22,25H,14-16H2,1H3,(H,27,30)(H,26,28,29). The summed E-state index contributed by atoms with van der Waals surface area (Å²) in [5, 5.41) is 9.41. The molecule has 7 nitrogen and oxygen atoms in total. The number of ether oxygens (including phenoxy) is 1. The summed E-state index contributed by atoms with van der Waals surface area (Å²) in [6, 6.07) is 17.5. The van der Waals surface area contributed by atoms with Gasteiger partial charge in [-0.2, -0.15) is 0 Å². The fraction of sp³-hybridized carbons (Fsp3) is 0.208. The first kappa shape index (κ1) is 20.7. The fourth-order valence-electron chi connectivity index (χ4n) is 3.33. The second kappa shape index (κ2) is 9.97. The van der Waals surface area contributed by atoms with E-state index in [0.29, 0.717) is 5.95 Å². The van der Waals surface area contributed by atoms with Gasteiger partial charge in [-0.15, -0.1) is 0 Å². The van der Waals surface area contributed by atoms with Crippen LogP contribution < -0.4 is 16.0 Å². The molecule has 0 aliphatic carbocycles. The molecule has 1 unspecified atom stereocenters. The molecule has 1 saturated heterocycles. The Hall–Kier alpha value is -3.55. The van der Waals surface area contributed by atoms with Crippen molar-refractivity contribution in [2.45, 2.75) is 13.0 Å². The highest BCUT2D eigenvalue weighted by Crippen LogP contribution is 2.24. The van der Waals surface area contributed by atoms with Gasteiger partial charge in [0.05, 0.1) is 18.4 Å². The molecule has 31 heavy (non-hydrogen) atoms. The van der Waals surface area contributed by atoms with Crippen LogP contribution in [0, 0.1) is 0 Å². The molecule has 7 heteroatoms. The van der Waals surface area contributed by atoms with Gasteiger partial charge in [0.1, 0.15) is 0 Å². The summed E-state index contributed by atoms with van der Waals surface area (Å²) in [5.41, 5.74) is 4.52. The number of carbonyl (C=O) groups excluding carboxylic acids is 1. The molecule has 0 spiro atoms. The van der Waals surface area contributed by atoms with E-state index in [9.17, 15) is 4.79 Å². The molecule has 0 bridgehead atoms. The lowest BCUT2D eigenvalue weighted by Gasteiger charge is -2.24. The molecule has 1 aromatic heterocycles. The Bertz CT molecular complexity index is 1040. The zero-order valence-corrected chi connectivity index (χ0v) is 17.3. The molecule has 158 valence electrons. The quantitative estimate of drug-likeness (QED) is 0.526. The summed E-state index contributed by atoms with van der Waals surface area (Å²) < 4.78 is 5.79. The van der Waals surface area contributed by atoms with Crippen LogP contribution in [0.1, 0.15) is 18.6 Å². The maximum atomic E-state index is 11.7. The molecular formula is C24H25N5O2. The van der Waals surface area contributed by atoms with Crippen molar-refractivity contribution in [3.05, 3.63) is 78.5 Å². The Morgan fingerprint density at radius 3 is 2.58 bits per heavy atom. The number of rotatable bonds is 6. The average Bonchev–Trinajstić information content (AvgIpc) is 2.81. The van der Waals surface area contributed by atoms with E-state index in [1.54, 1.807) is 19.2 Å². The molecule has 2 aromatic carbocycles. The normalized spacial score (nSPS) is 16.2. The van der Waals surface area contributed by atoms with E-state index in [1.807, 2.05) is 42.5 Å². The Labute approximate surface area is 181 Å². The smallest absolute Gasteiger partial charge is 0.248 e. The highest BCUT2D eigenvalue weighted by Gasteiger charge is 2.15. The third-order valence-electron chi connectivity index (χ3n) is 4.89. The minimum absolute atomic E-state index is 0.0909. The average molecular weight is 415 g/mol. The second-order valence-corrected chi connectivity index (χ2v) is 7.14. The maximum Gasteiger partial charge on any atom is 0.248 e. The number of benzene rings is 2. The third kappa shape index (κ3) is 5.53. The largest absolute Gasteiger partial charge is 0.371 e. The molecule has 1 fully saturated rings. The summed E-state index contributed by atoms with van der Waals surface area (Å²) in [6.07, 6.45) is 5.01. The lowest BCUT2D eigenvalue weighted by atomic mass is 10.1. The van der Waals surface area contributed by atoms with Crippen LogP contribution in [0.5, 0.6) is 0 Å². The van der Waals surface area contributed by atoms with Gasteiger partial charge in [-0.1, -0.05) is 30.3 Å². The first-order chi connectivity index (χ1) is 15.2. The van der Waals surface area contributed by atoms with Crippen LogP contribution in [0.2, 0.25) is 0 Å². The fourth-order valence-corrected chi connectivity index (χ4v) is 3.33. The van der Waals surface area contributed by atoms with Crippen LogP contribution in [0.3, 0.4) is 0 Å². The van der Waals surface area contributed by atoms with Crippen LogP contribution in [-0.2, 0) is 9.53 Å². The molecular weight excluding hydrogens is 390 g/mol. The Morgan fingerprint density at radius 2 is 1.87 bits per heavy atom. The minimum atomic E-state index is -0.152.